The number of aromatic nitrogens is 2. The maximum Gasteiger partial charge on any atom is 0.240 e. The van der Waals surface area contributed by atoms with Gasteiger partial charge in [0.25, 0.3) is 0 Å². The average Bonchev–Trinajstić information content (AvgIpc) is 1.55. The number of carbonyl (C=O) groups excluding carboxylic acids is 8. The normalized spacial score (nSPS) is 28.9. The highest BCUT2D eigenvalue weighted by molar-refractivity contribution is 7.91. The van der Waals surface area contributed by atoms with Gasteiger partial charge in [-0.2, -0.15) is 0 Å². The van der Waals surface area contributed by atoms with Crippen LogP contribution in [-0.4, -0.2) is 200 Å². The number of hydrogen-bond donors (Lipinski definition) is 2. The molecular weight excluding hydrogens is 1570 g/mol. The number of amides is 4. The fraction of sp³-hybridized carbons (Fsp3) is 0.543. The summed E-state index contributed by atoms with van der Waals surface area (Å²) in [5, 5.41) is 1.95. The Hall–Kier alpha value is -9.96. The number of ketones is 4. The van der Waals surface area contributed by atoms with Crippen molar-refractivity contribution in [1.29, 1.82) is 0 Å². The number of hydrogen-bond acceptors (Lipinski definition) is 22. The van der Waals surface area contributed by atoms with Gasteiger partial charge in [-0.3, -0.25) is 47.8 Å². The van der Waals surface area contributed by atoms with Crippen LogP contribution < -0.4 is 48.0 Å². The molecule has 16 rings (SSSR count). The number of likely N-dealkylation sites (N-methyl/N-ethyl adjacent to an activating group) is 2. The van der Waals surface area contributed by atoms with Crippen LogP contribution in [-0.2, 0) is 48.8 Å². The lowest BCUT2D eigenvalue weighted by molar-refractivity contribution is -0.143. The lowest BCUT2D eigenvalue weighted by Crippen LogP contribution is -2.47. The van der Waals surface area contributed by atoms with Crippen molar-refractivity contribution < 1.29 is 74.1 Å². The molecule has 4 aliphatic carbocycles. The summed E-state index contributed by atoms with van der Waals surface area (Å²) in [5.74, 6) is -2.75. The third kappa shape index (κ3) is 18.0. The molecule has 4 aromatic carbocycles. The van der Waals surface area contributed by atoms with Gasteiger partial charge in [0.1, 0.15) is 25.4 Å². The van der Waals surface area contributed by atoms with Crippen molar-refractivity contribution in [2.75, 3.05) is 101 Å². The zero-order valence-electron chi connectivity index (χ0n) is 70.5. The Morgan fingerprint density at radius 1 is 0.508 bits per heavy atom. The van der Waals surface area contributed by atoms with Crippen molar-refractivity contribution in [3.8, 4) is 23.3 Å². The van der Waals surface area contributed by atoms with Crippen LogP contribution >= 0.6 is 0 Å². The third-order valence-electron chi connectivity index (χ3n) is 27.0. The number of sulfonamides is 2. The number of nitrogens with zero attached hydrogens (tertiary/aromatic N) is 8. The van der Waals surface area contributed by atoms with Gasteiger partial charge in [0.2, 0.25) is 55.4 Å². The first kappa shape index (κ1) is 85.0. The molecule has 2 N–H and O–H groups in total. The van der Waals surface area contributed by atoms with E-state index in [0.29, 0.717) is 87.5 Å². The molecule has 0 unspecified atom stereocenters. The van der Waals surface area contributed by atoms with Crippen LogP contribution in [0, 0.1) is 58.2 Å². The number of carbonyl (C=O) groups is 8. The molecule has 6 aromatic rings. The highest BCUT2D eigenvalue weighted by atomic mass is 32.2. The van der Waals surface area contributed by atoms with E-state index in [1.807, 2.05) is 151 Å². The highest BCUT2D eigenvalue weighted by Gasteiger charge is 2.64. The summed E-state index contributed by atoms with van der Waals surface area (Å²) in [7, 11) is 4.03. The van der Waals surface area contributed by atoms with Gasteiger partial charge in [-0.15, -0.1) is 0 Å². The van der Waals surface area contributed by atoms with E-state index in [1.54, 1.807) is 46.5 Å². The van der Waals surface area contributed by atoms with Crippen molar-refractivity contribution in [2.24, 2.45) is 58.2 Å². The van der Waals surface area contributed by atoms with Gasteiger partial charge in [-0.05, 0) is 197 Å². The van der Waals surface area contributed by atoms with Crippen LogP contribution in [0.1, 0.15) is 164 Å². The van der Waals surface area contributed by atoms with E-state index in [1.165, 1.54) is 0 Å². The summed E-state index contributed by atoms with van der Waals surface area (Å²) < 4.78 is 82.2. The molecule has 14 atom stereocenters. The SMILES string of the molecule is C[C@@H]1CC/C=C\[C@@H]2C[C@@]2(C(=O)NS(=O)(=O)C2CC2)CC(=O)[C@@H]2C[C@@H](Oc3nccc4c5c(ccc34)N(C)CCO5)CN2C(=O)[C@@H](CC(=O)c2ccc(N(C)C)cc2)[C@H](C)C1.C[C@H]1CC/C=C\[C@@H]2C[C@@]2(C(=O)NS(=O)(=O)C2CC2)CC(=O)[C@@H]2C[C@@H](Oc3nccc4c5c(ccc34)N(C)CCO5)CN2C(=O)[C@@H](CC(=O)c2ccc(N(C)C)cc2)[C@H](C)C1. The molecule has 4 saturated carbocycles. The molecule has 4 amide bonds. The zero-order chi connectivity index (χ0) is 85.0. The molecular formula is C92H114N10O16S2. The molecule has 8 heterocycles. The molecule has 2 aromatic heterocycles. The maximum absolute atomic E-state index is 15.2. The maximum atomic E-state index is 15.2. The first-order chi connectivity index (χ1) is 57.3. The molecule has 0 bridgehead atoms. The first-order valence-corrected chi connectivity index (χ1v) is 46.0. The Morgan fingerprint density at radius 3 is 1.26 bits per heavy atom. The Morgan fingerprint density at radius 2 is 0.892 bits per heavy atom. The fourth-order valence-electron chi connectivity index (χ4n) is 19.1. The summed E-state index contributed by atoms with van der Waals surface area (Å²) in [6, 6.07) is 24.4. The molecule has 6 fully saturated rings. The summed E-state index contributed by atoms with van der Waals surface area (Å²) in [6.45, 7) is 11.1. The van der Waals surface area contributed by atoms with E-state index < -0.39 is 89.3 Å². The van der Waals surface area contributed by atoms with Gasteiger partial charge in [-0.25, -0.2) is 26.8 Å². The minimum absolute atomic E-state index is 0.0330. The van der Waals surface area contributed by atoms with Crippen molar-refractivity contribution in [1.82, 2.24) is 29.2 Å². The van der Waals surface area contributed by atoms with Gasteiger partial charge in [-0.1, -0.05) is 52.0 Å². The second-order valence-corrected chi connectivity index (χ2v) is 40.2. The van der Waals surface area contributed by atoms with Crippen molar-refractivity contribution in [3.63, 3.8) is 0 Å². The van der Waals surface area contributed by atoms with Crippen molar-refractivity contribution in [2.45, 2.75) is 178 Å². The number of allylic oxidation sites excluding steroid dienone is 4. The molecule has 26 nitrogen and oxygen atoms in total. The second kappa shape index (κ2) is 34.5. The fourth-order valence-corrected chi connectivity index (χ4v) is 21.9. The molecule has 120 heavy (non-hydrogen) atoms. The van der Waals surface area contributed by atoms with Crippen LogP contribution in [0.4, 0.5) is 22.7 Å². The second-order valence-electron chi connectivity index (χ2n) is 36.3. The highest BCUT2D eigenvalue weighted by Crippen LogP contribution is 2.59. The van der Waals surface area contributed by atoms with Crippen molar-refractivity contribution >= 4 is 111 Å². The zero-order valence-corrected chi connectivity index (χ0v) is 72.2. The lowest BCUT2D eigenvalue weighted by Gasteiger charge is -2.32. The molecule has 0 spiro atoms. The minimum Gasteiger partial charge on any atom is -0.489 e. The monoisotopic (exact) mass is 1680 g/mol. The standard InChI is InChI=1S/2C46H57N5O8S/c2*1-28-8-6-7-9-31-25-46(31,45(55)48-60(56,57)34-14-15-34)26-41(53)39-23-33(59-43-36-16-17-38-42(35(36)18-19-47-43)58-21-20-50(38)5)27-51(39)44(54)37(29(2)22-28)24-40(52)30-10-12-32(13-11-30)49(3)4/h2*7,9-13,16-19,28-29,31,33-34,37,39H,6,8,14-15,20-27H2,1-5H3,(H,48,55)/b2*9-7-/t28-,29+,31+,33+,37-,39-,46+;28-,29-,31-,33-,37+,39+,46-/m01/s1. The van der Waals surface area contributed by atoms with E-state index in [9.17, 15) is 45.6 Å². The van der Waals surface area contributed by atoms with Gasteiger partial charge in [0.15, 0.2) is 34.6 Å². The predicted octanol–water partition coefficient (Wildman–Crippen LogP) is 11.9. The summed E-state index contributed by atoms with van der Waals surface area (Å²) in [6.07, 6.45) is 17.0. The van der Waals surface area contributed by atoms with Crippen molar-refractivity contribution in [3.05, 3.63) is 133 Å². The number of nitrogens with one attached hydrogen (secondary N) is 2. The lowest BCUT2D eigenvalue weighted by atomic mass is 9.80. The molecule has 6 aliphatic heterocycles. The predicted molar refractivity (Wildman–Crippen MR) is 460 cm³/mol. The Kier molecular flexibility index (Phi) is 24.5. The number of pyridine rings is 2. The number of fused-ring (bicyclic) bond motifs is 10. The first-order valence-electron chi connectivity index (χ1n) is 42.9. The molecule has 28 heteroatoms. The number of ether oxygens (including phenoxy) is 4. The molecule has 640 valence electrons. The van der Waals surface area contributed by atoms with Gasteiger partial charge in [0, 0.05) is 149 Å². The minimum atomic E-state index is -3.86. The summed E-state index contributed by atoms with van der Waals surface area (Å²) in [4.78, 5) is 136. The van der Waals surface area contributed by atoms with E-state index in [2.05, 4.69) is 43.1 Å². The van der Waals surface area contributed by atoms with Crippen LogP contribution in [0.5, 0.6) is 23.3 Å². The number of rotatable bonds is 18. The third-order valence-corrected chi connectivity index (χ3v) is 30.6. The summed E-state index contributed by atoms with van der Waals surface area (Å²) >= 11 is 0. The van der Waals surface area contributed by atoms with E-state index >= 15 is 9.59 Å². The summed E-state index contributed by atoms with van der Waals surface area (Å²) in [5.41, 5.74) is 2.35. The van der Waals surface area contributed by atoms with E-state index in [4.69, 9.17) is 18.9 Å². The Labute approximate surface area is 704 Å². The van der Waals surface area contributed by atoms with Crippen LogP contribution in [0.15, 0.2) is 122 Å². The topological polar surface area (TPSA) is 311 Å². The van der Waals surface area contributed by atoms with Crippen LogP contribution in [0.2, 0.25) is 0 Å². The van der Waals surface area contributed by atoms with Gasteiger partial charge >= 0.3 is 0 Å². The Bertz CT molecular complexity index is 4940. The van der Waals surface area contributed by atoms with Crippen LogP contribution in [0.3, 0.4) is 0 Å². The van der Waals surface area contributed by atoms with E-state index in [-0.39, 0.29) is 122 Å². The number of Topliss-reactive ketones (excluding diaryl/α,β-unsaturated/α-hetero) is 4. The largest absolute Gasteiger partial charge is 0.489 e. The van der Waals surface area contributed by atoms with Gasteiger partial charge in [0.05, 0.1) is 71.0 Å². The van der Waals surface area contributed by atoms with Crippen LogP contribution in [0.25, 0.3) is 21.5 Å². The quantitative estimate of drug-likeness (QED) is 0.0596. The number of benzene rings is 4. The van der Waals surface area contributed by atoms with E-state index in [0.717, 1.165) is 94.6 Å². The number of anilines is 4. The Balaban J connectivity index is 0.000000187. The molecule has 0 radical (unpaired) electrons. The molecule has 2 saturated heterocycles. The average molecular weight is 1680 g/mol. The molecule has 10 aliphatic rings. The smallest absolute Gasteiger partial charge is 0.240 e. The van der Waals surface area contributed by atoms with Gasteiger partial charge < -0.3 is 48.3 Å².